The van der Waals surface area contributed by atoms with Crippen LogP contribution in [-0.4, -0.2) is 13.2 Å². The molecule has 1 N–H and O–H groups in total. The highest BCUT2D eigenvalue weighted by Crippen LogP contribution is 2.13. The van der Waals surface area contributed by atoms with Gasteiger partial charge in [0.1, 0.15) is 5.75 Å². The Balaban J connectivity index is 1.59. The Morgan fingerprint density at radius 2 is 1.81 bits per heavy atom. The Kier molecular flexibility index (Phi) is 6.14. The molecule has 2 nitrogen and oxygen atoms in total. The fourth-order valence-electron chi connectivity index (χ4n) is 2.21. The van der Waals surface area contributed by atoms with Crippen molar-refractivity contribution in [2.45, 2.75) is 33.1 Å². The van der Waals surface area contributed by atoms with Crippen molar-refractivity contribution in [1.29, 1.82) is 0 Å². The first-order valence-electron chi connectivity index (χ1n) is 7.80. The first-order valence-corrected chi connectivity index (χ1v) is 7.80. The Morgan fingerprint density at radius 1 is 1.00 bits per heavy atom. The highest BCUT2D eigenvalue weighted by Gasteiger charge is 1.95. The van der Waals surface area contributed by atoms with Gasteiger partial charge in [0.15, 0.2) is 0 Å². The van der Waals surface area contributed by atoms with Gasteiger partial charge in [-0.1, -0.05) is 31.2 Å². The molecule has 21 heavy (non-hydrogen) atoms. The van der Waals surface area contributed by atoms with Gasteiger partial charge in [0, 0.05) is 12.2 Å². The standard InChI is InChI=1S/C19H25NO/c1-3-17-9-11-18(12-10-17)20-13-4-5-14-21-19-8-6-7-16(2)15-19/h6-12,15,20H,3-5,13-14H2,1-2H3. The van der Waals surface area contributed by atoms with Crippen LogP contribution in [0.2, 0.25) is 0 Å². The molecule has 0 saturated carbocycles. The lowest BCUT2D eigenvalue weighted by molar-refractivity contribution is 0.308. The molecule has 0 radical (unpaired) electrons. The molecule has 0 atom stereocenters. The lowest BCUT2D eigenvalue weighted by Gasteiger charge is -2.08. The Bertz CT molecular complexity index is 534. The van der Waals surface area contributed by atoms with Crippen LogP contribution in [0.1, 0.15) is 30.9 Å². The van der Waals surface area contributed by atoms with E-state index in [1.54, 1.807) is 0 Å². The van der Waals surface area contributed by atoms with Crippen molar-refractivity contribution < 1.29 is 4.74 Å². The highest BCUT2D eigenvalue weighted by atomic mass is 16.5. The molecule has 0 aliphatic carbocycles. The van der Waals surface area contributed by atoms with E-state index >= 15 is 0 Å². The second kappa shape index (κ2) is 8.35. The minimum absolute atomic E-state index is 0.778. The third-order valence-corrected chi connectivity index (χ3v) is 3.52. The smallest absolute Gasteiger partial charge is 0.119 e. The van der Waals surface area contributed by atoms with Gasteiger partial charge in [-0.3, -0.25) is 0 Å². The van der Waals surface area contributed by atoms with Gasteiger partial charge in [-0.15, -0.1) is 0 Å². The van der Waals surface area contributed by atoms with Crippen molar-refractivity contribution in [3.05, 3.63) is 59.7 Å². The van der Waals surface area contributed by atoms with E-state index < -0.39 is 0 Å². The molecule has 0 aromatic heterocycles. The summed E-state index contributed by atoms with van der Waals surface area (Å²) in [5, 5.41) is 3.45. The lowest BCUT2D eigenvalue weighted by Crippen LogP contribution is -2.04. The zero-order valence-electron chi connectivity index (χ0n) is 13.1. The summed E-state index contributed by atoms with van der Waals surface area (Å²) in [5.41, 5.74) is 3.82. The molecule has 2 rings (SSSR count). The molecule has 0 spiro atoms. The third-order valence-electron chi connectivity index (χ3n) is 3.52. The van der Waals surface area contributed by atoms with Crippen LogP contribution in [-0.2, 0) is 6.42 Å². The van der Waals surface area contributed by atoms with Gasteiger partial charge in [0.05, 0.1) is 6.61 Å². The van der Waals surface area contributed by atoms with E-state index in [1.807, 2.05) is 12.1 Å². The van der Waals surface area contributed by atoms with E-state index in [-0.39, 0.29) is 0 Å². The molecular formula is C19H25NO. The fraction of sp³-hybridized carbons (Fsp3) is 0.368. The topological polar surface area (TPSA) is 21.3 Å². The van der Waals surface area contributed by atoms with Gasteiger partial charge < -0.3 is 10.1 Å². The van der Waals surface area contributed by atoms with E-state index in [4.69, 9.17) is 4.74 Å². The van der Waals surface area contributed by atoms with E-state index in [1.165, 1.54) is 16.8 Å². The van der Waals surface area contributed by atoms with Crippen LogP contribution < -0.4 is 10.1 Å². The normalized spacial score (nSPS) is 10.4. The zero-order valence-corrected chi connectivity index (χ0v) is 13.1. The van der Waals surface area contributed by atoms with Gasteiger partial charge in [-0.2, -0.15) is 0 Å². The summed E-state index contributed by atoms with van der Waals surface area (Å²) in [4.78, 5) is 0. The average molecular weight is 283 g/mol. The minimum Gasteiger partial charge on any atom is -0.494 e. The van der Waals surface area contributed by atoms with Crippen molar-refractivity contribution in [2.24, 2.45) is 0 Å². The van der Waals surface area contributed by atoms with Crippen molar-refractivity contribution >= 4 is 5.69 Å². The highest BCUT2D eigenvalue weighted by molar-refractivity contribution is 5.44. The van der Waals surface area contributed by atoms with Crippen LogP contribution in [0.3, 0.4) is 0 Å². The largest absolute Gasteiger partial charge is 0.494 e. The van der Waals surface area contributed by atoms with E-state index in [9.17, 15) is 0 Å². The molecule has 0 fully saturated rings. The quantitative estimate of drug-likeness (QED) is 0.701. The lowest BCUT2D eigenvalue weighted by atomic mass is 10.1. The van der Waals surface area contributed by atoms with Crippen molar-refractivity contribution in [3.63, 3.8) is 0 Å². The maximum absolute atomic E-state index is 5.74. The summed E-state index contributed by atoms with van der Waals surface area (Å²) < 4.78 is 5.74. The molecule has 0 amide bonds. The van der Waals surface area contributed by atoms with Crippen molar-refractivity contribution in [3.8, 4) is 5.75 Å². The maximum atomic E-state index is 5.74. The maximum Gasteiger partial charge on any atom is 0.119 e. The summed E-state index contributed by atoms with van der Waals surface area (Å²) in [6.45, 7) is 6.03. The molecule has 0 aliphatic rings. The Labute approximate surface area is 128 Å². The van der Waals surface area contributed by atoms with Crippen LogP contribution >= 0.6 is 0 Å². The van der Waals surface area contributed by atoms with Crippen molar-refractivity contribution in [1.82, 2.24) is 0 Å². The first kappa shape index (κ1) is 15.4. The molecule has 0 unspecified atom stereocenters. The summed E-state index contributed by atoms with van der Waals surface area (Å²) in [7, 11) is 0. The molecule has 112 valence electrons. The van der Waals surface area contributed by atoms with Crippen LogP contribution in [0.5, 0.6) is 5.75 Å². The predicted molar refractivity (Wildman–Crippen MR) is 90.2 cm³/mol. The summed E-state index contributed by atoms with van der Waals surface area (Å²) in [5.74, 6) is 0.970. The van der Waals surface area contributed by atoms with Gasteiger partial charge >= 0.3 is 0 Å². The Hall–Kier alpha value is -1.96. The van der Waals surface area contributed by atoms with Crippen LogP contribution in [0.15, 0.2) is 48.5 Å². The van der Waals surface area contributed by atoms with Crippen LogP contribution in [0.4, 0.5) is 5.69 Å². The molecular weight excluding hydrogens is 258 g/mol. The number of anilines is 1. The average Bonchev–Trinajstić information content (AvgIpc) is 2.51. The molecule has 0 heterocycles. The van der Waals surface area contributed by atoms with Crippen LogP contribution in [0.25, 0.3) is 0 Å². The number of nitrogens with one attached hydrogen (secondary N) is 1. The Morgan fingerprint density at radius 3 is 2.52 bits per heavy atom. The molecule has 2 aromatic carbocycles. The van der Waals surface area contributed by atoms with Crippen LogP contribution in [0, 0.1) is 6.92 Å². The predicted octanol–water partition coefficient (Wildman–Crippen LogP) is 4.83. The van der Waals surface area contributed by atoms with E-state index in [2.05, 4.69) is 55.6 Å². The van der Waals surface area contributed by atoms with Gasteiger partial charge in [0.2, 0.25) is 0 Å². The molecule has 0 aliphatic heterocycles. The van der Waals surface area contributed by atoms with Gasteiger partial charge in [-0.25, -0.2) is 0 Å². The minimum atomic E-state index is 0.778. The fourth-order valence-corrected chi connectivity index (χ4v) is 2.21. The zero-order chi connectivity index (χ0) is 14.9. The SMILES string of the molecule is CCc1ccc(NCCCCOc2cccc(C)c2)cc1. The van der Waals surface area contributed by atoms with Gasteiger partial charge in [-0.05, 0) is 61.6 Å². The van der Waals surface area contributed by atoms with E-state index in [0.29, 0.717) is 0 Å². The molecule has 0 bridgehead atoms. The second-order valence-electron chi connectivity index (χ2n) is 5.35. The number of benzene rings is 2. The second-order valence-corrected chi connectivity index (χ2v) is 5.35. The number of rotatable bonds is 8. The number of hydrogen-bond donors (Lipinski definition) is 1. The van der Waals surface area contributed by atoms with E-state index in [0.717, 1.165) is 38.2 Å². The number of ether oxygens (including phenoxy) is 1. The molecule has 2 heteroatoms. The molecule has 2 aromatic rings. The number of hydrogen-bond acceptors (Lipinski definition) is 2. The molecule has 0 saturated heterocycles. The summed E-state index contributed by atoms with van der Waals surface area (Å²) in [6, 6.07) is 16.9. The third kappa shape index (κ3) is 5.50. The summed E-state index contributed by atoms with van der Waals surface area (Å²) in [6.07, 6.45) is 3.27. The van der Waals surface area contributed by atoms with Gasteiger partial charge in [0.25, 0.3) is 0 Å². The summed E-state index contributed by atoms with van der Waals surface area (Å²) >= 11 is 0. The number of unbranched alkanes of at least 4 members (excludes halogenated alkanes) is 1. The van der Waals surface area contributed by atoms with Crippen molar-refractivity contribution in [2.75, 3.05) is 18.5 Å². The first-order chi connectivity index (χ1) is 10.3. The number of aryl methyl sites for hydroxylation is 2. The monoisotopic (exact) mass is 283 g/mol.